The summed E-state index contributed by atoms with van der Waals surface area (Å²) in [5.41, 5.74) is -0.00536. The first-order valence-corrected chi connectivity index (χ1v) is 9.73. The topological polar surface area (TPSA) is 68.3 Å². The molecule has 1 aromatic heterocycles. The van der Waals surface area contributed by atoms with Crippen LogP contribution in [0.3, 0.4) is 0 Å². The lowest BCUT2D eigenvalue weighted by Crippen LogP contribution is -2.13. The van der Waals surface area contributed by atoms with Crippen molar-refractivity contribution in [3.63, 3.8) is 0 Å². The van der Waals surface area contributed by atoms with E-state index in [4.69, 9.17) is 9.47 Å². The molecule has 0 spiro atoms. The van der Waals surface area contributed by atoms with Gasteiger partial charge >= 0.3 is 6.18 Å². The van der Waals surface area contributed by atoms with Crippen molar-refractivity contribution < 1.29 is 22.6 Å². The number of alkyl halides is 3. The van der Waals surface area contributed by atoms with Gasteiger partial charge in [-0.05, 0) is 57.2 Å². The average molecular weight is 432 g/mol. The van der Waals surface area contributed by atoms with Crippen LogP contribution in [0.25, 0.3) is 0 Å². The number of nitrogens with zero attached hydrogens (tertiary/aromatic N) is 2. The van der Waals surface area contributed by atoms with Crippen molar-refractivity contribution in [1.29, 1.82) is 0 Å². The number of hydrogen-bond donors (Lipinski definition) is 2. The van der Waals surface area contributed by atoms with Crippen molar-refractivity contribution in [3.8, 4) is 11.5 Å². The summed E-state index contributed by atoms with van der Waals surface area (Å²) in [4.78, 5) is 7.90. The largest absolute Gasteiger partial charge is 0.494 e. The third-order valence-electron chi connectivity index (χ3n) is 4.02. The second kappa shape index (κ2) is 9.55. The Morgan fingerprint density at radius 1 is 1.00 bits per heavy atom. The maximum absolute atomic E-state index is 13.6. The van der Waals surface area contributed by atoms with Crippen LogP contribution in [0.5, 0.6) is 11.5 Å². The van der Waals surface area contributed by atoms with E-state index in [1.54, 1.807) is 48.5 Å². The van der Waals surface area contributed by atoms with E-state index in [9.17, 15) is 13.2 Å². The van der Waals surface area contributed by atoms with Gasteiger partial charge in [0.15, 0.2) is 0 Å². The fraction of sp³-hybridized carbons (Fsp3) is 0.273. The van der Waals surface area contributed by atoms with Crippen LogP contribution in [0.1, 0.15) is 26.3 Å². The second-order valence-corrected chi connectivity index (χ2v) is 6.82. The first kappa shape index (κ1) is 22.2. The Hall–Kier alpha value is -3.49. The van der Waals surface area contributed by atoms with Crippen LogP contribution >= 0.6 is 0 Å². The zero-order chi connectivity index (χ0) is 22.4. The summed E-state index contributed by atoms with van der Waals surface area (Å²) in [7, 11) is 0. The van der Waals surface area contributed by atoms with E-state index in [2.05, 4.69) is 20.6 Å². The molecule has 0 bridgehead atoms. The molecular formula is C22H23F3N4O2. The molecule has 0 aliphatic heterocycles. The second-order valence-electron chi connectivity index (χ2n) is 6.82. The highest BCUT2D eigenvalue weighted by Gasteiger charge is 2.35. The van der Waals surface area contributed by atoms with Crippen LogP contribution in [0.4, 0.5) is 36.3 Å². The molecule has 0 aliphatic carbocycles. The van der Waals surface area contributed by atoms with Crippen LogP contribution in [-0.4, -0.2) is 22.7 Å². The number of benzene rings is 2. The van der Waals surface area contributed by atoms with Gasteiger partial charge in [-0.25, -0.2) is 4.98 Å². The highest BCUT2D eigenvalue weighted by molar-refractivity contribution is 5.67. The van der Waals surface area contributed by atoms with Gasteiger partial charge < -0.3 is 20.1 Å². The molecule has 0 saturated carbocycles. The zero-order valence-electron chi connectivity index (χ0n) is 17.3. The molecule has 0 unspecified atom stereocenters. The molecule has 2 aromatic carbocycles. The minimum absolute atomic E-state index is 0.0157. The molecule has 2 N–H and O–H groups in total. The van der Waals surface area contributed by atoms with E-state index < -0.39 is 11.7 Å². The molecule has 0 aliphatic rings. The van der Waals surface area contributed by atoms with E-state index in [1.807, 2.05) is 20.8 Å². The Labute approximate surface area is 178 Å². The van der Waals surface area contributed by atoms with Gasteiger partial charge in [0.1, 0.15) is 22.9 Å². The highest BCUT2D eigenvalue weighted by atomic mass is 19.4. The number of nitrogens with one attached hydrogen (secondary N) is 2. The van der Waals surface area contributed by atoms with Gasteiger partial charge in [-0.3, -0.25) is 0 Å². The molecule has 164 valence electrons. The Bertz CT molecular complexity index is 1010. The van der Waals surface area contributed by atoms with E-state index >= 15 is 0 Å². The van der Waals surface area contributed by atoms with Crippen LogP contribution in [0.2, 0.25) is 0 Å². The summed E-state index contributed by atoms with van der Waals surface area (Å²) in [6, 6.07) is 13.7. The van der Waals surface area contributed by atoms with Crippen molar-refractivity contribution in [2.75, 3.05) is 17.2 Å². The summed E-state index contributed by atoms with van der Waals surface area (Å²) in [5, 5.41) is 5.66. The highest BCUT2D eigenvalue weighted by Crippen LogP contribution is 2.37. The maximum Gasteiger partial charge on any atom is 0.421 e. The molecule has 9 heteroatoms. The first-order chi connectivity index (χ1) is 14.8. The Kier molecular flexibility index (Phi) is 6.84. The monoisotopic (exact) mass is 432 g/mol. The Morgan fingerprint density at radius 2 is 1.71 bits per heavy atom. The third kappa shape index (κ3) is 6.00. The quantitative estimate of drug-likeness (QED) is 0.444. The molecular weight excluding hydrogens is 409 g/mol. The molecule has 0 saturated heterocycles. The Balaban J connectivity index is 1.91. The van der Waals surface area contributed by atoms with Gasteiger partial charge in [0.25, 0.3) is 0 Å². The van der Waals surface area contributed by atoms with E-state index in [-0.39, 0.29) is 17.9 Å². The number of hydrogen-bond acceptors (Lipinski definition) is 6. The fourth-order valence-corrected chi connectivity index (χ4v) is 2.73. The SMILES string of the molecule is CCOc1ccc(Nc2ncc(C(F)(F)F)c(Nc3ccccc3OC(C)C)n2)cc1. The number of para-hydroxylation sites is 2. The molecule has 0 amide bonds. The van der Waals surface area contributed by atoms with Gasteiger partial charge in [0.05, 0.1) is 18.4 Å². The third-order valence-corrected chi connectivity index (χ3v) is 4.02. The number of halogens is 3. The fourth-order valence-electron chi connectivity index (χ4n) is 2.73. The van der Waals surface area contributed by atoms with Gasteiger partial charge in [0.2, 0.25) is 5.95 Å². The molecule has 3 rings (SSSR count). The first-order valence-electron chi connectivity index (χ1n) is 9.73. The van der Waals surface area contributed by atoms with Crippen LogP contribution < -0.4 is 20.1 Å². The molecule has 0 atom stereocenters. The number of aromatic nitrogens is 2. The summed E-state index contributed by atoms with van der Waals surface area (Å²) in [6.45, 7) is 6.08. The van der Waals surface area contributed by atoms with Crippen LogP contribution in [0, 0.1) is 0 Å². The molecule has 3 aromatic rings. The van der Waals surface area contributed by atoms with Crippen molar-refractivity contribution >= 4 is 23.1 Å². The summed E-state index contributed by atoms with van der Waals surface area (Å²) >= 11 is 0. The normalized spacial score (nSPS) is 11.3. The lowest BCUT2D eigenvalue weighted by atomic mass is 10.2. The van der Waals surface area contributed by atoms with Gasteiger partial charge in [0, 0.05) is 11.9 Å². The van der Waals surface area contributed by atoms with Crippen molar-refractivity contribution in [1.82, 2.24) is 9.97 Å². The molecule has 1 heterocycles. The lowest BCUT2D eigenvalue weighted by Gasteiger charge is -2.18. The van der Waals surface area contributed by atoms with Gasteiger partial charge in [-0.15, -0.1) is 0 Å². The predicted octanol–water partition coefficient (Wildman–Crippen LogP) is 6.17. The van der Waals surface area contributed by atoms with Gasteiger partial charge in [-0.2, -0.15) is 18.2 Å². The molecule has 0 fully saturated rings. The molecule has 31 heavy (non-hydrogen) atoms. The van der Waals surface area contributed by atoms with E-state index in [1.165, 1.54) is 0 Å². The maximum atomic E-state index is 13.6. The van der Waals surface area contributed by atoms with Crippen LogP contribution in [0.15, 0.2) is 54.7 Å². The van der Waals surface area contributed by atoms with Crippen molar-refractivity contribution in [2.45, 2.75) is 33.1 Å². The van der Waals surface area contributed by atoms with E-state index in [0.29, 0.717) is 29.5 Å². The minimum atomic E-state index is -4.63. The number of ether oxygens (including phenoxy) is 2. The summed E-state index contributed by atoms with van der Waals surface area (Å²) in [5.74, 6) is 0.744. The average Bonchev–Trinajstić information content (AvgIpc) is 2.70. The summed E-state index contributed by atoms with van der Waals surface area (Å²) in [6.07, 6.45) is -4.03. The zero-order valence-corrected chi connectivity index (χ0v) is 17.3. The lowest BCUT2D eigenvalue weighted by molar-refractivity contribution is -0.137. The van der Waals surface area contributed by atoms with Crippen molar-refractivity contribution in [2.24, 2.45) is 0 Å². The number of rotatable bonds is 8. The standard InChI is InChI=1S/C22H23F3N4O2/c1-4-30-16-11-9-15(10-12-16)27-21-26-13-17(22(23,24)25)20(29-21)28-18-7-5-6-8-19(18)31-14(2)3/h5-14H,4H2,1-3H3,(H2,26,27,28,29). The van der Waals surface area contributed by atoms with Crippen molar-refractivity contribution in [3.05, 3.63) is 60.3 Å². The summed E-state index contributed by atoms with van der Waals surface area (Å²) < 4.78 is 51.7. The molecule has 0 radical (unpaired) electrons. The Morgan fingerprint density at radius 3 is 2.35 bits per heavy atom. The smallest absolute Gasteiger partial charge is 0.421 e. The van der Waals surface area contributed by atoms with E-state index in [0.717, 1.165) is 6.20 Å². The van der Waals surface area contributed by atoms with Gasteiger partial charge in [-0.1, -0.05) is 12.1 Å². The predicted molar refractivity (Wildman–Crippen MR) is 113 cm³/mol. The minimum Gasteiger partial charge on any atom is -0.494 e. The van der Waals surface area contributed by atoms with Crippen LogP contribution in [-0.2, 0) is 6.18 Å². The number of anilines is 4. The molecule has 6 nitrogen and oxygen atoms in total.